The minimum Gasteiger partial charge on any atom is -0.369 e. The van der Waals surface area contributed by atoms with Gasteiger partial charge in [0, 0.05) is 62.1 Å². The van der Waals surface area contributed by atoms with Crippen LogP contribution in [0.4, 0.5) is 32.0 Å². The highest BCUT2D eigenvalue weighted by molar-refractivity contribution is 7.88. The molecule has 0 saturated carbocycles. The molecule has 0 bridgehead atoms. The van der Waals surface area contributed by atoms with Crippen molar-refractivity contribution in [2.24, 2.45) is 0 Å². The van der Waals surface area contributed by atoms with Crippen molar-refractivity contribution in [1.82, 2.24) is 14.5 Å². The third-order valence-electron chi connectivity index (χ3n) is 7.64. The van der Waals surface area contributed by atoms with E-state index in [1.165, 1.54) is 7.05 Å². The molecule has 3 aromatic rings. The van der Waals surface area contributed by atoms with Crippen molar-refractivity contribution in [2.75, 3.05) is 57.5 Å². The summed E-state index contributed by atoms with van der Waals surface area (Å²) in [5.74, 6) is -0.909. The Morgan fingerprint density at radius 3 is 1.92 bits per heavy atom. The molecule has 1 aliphatic rings. The van der Waals surface area contributed by atoms with Crippen LogP contribution in [0.5, 0.6) is 0 Å². The number of hydrogen-bond donors (Lipinski definition) is 1. The molecule has 0 aliphatic carbocycles. The van der Waals surface area contributed by atoms with Gasteiger partial charge in [-0.15, -0.1) is 0 Å². The van der Waals surface area contributed by atoms with E-state index >= 15 is 0 Å². The molecule has 1 atom stereocenters. The van der Waals surface area contributed by atoms with E-state index in [1.807, 2.05) is 54.6 Å². The van der Waals surface area contributed by atoms with Gasteiger partial charge in [-0.25, -0.2) is 13.1 Å². The minimum atomic E-state index is -5.02. The first-order valence-corrected chi connectivity index (χ1v) is 17.4. The summed E-state index contributed by atoms with van der Waals surface area (Å²) in [6.07, 6.45) is -7.73. The number of para-hydroxylation sites is 1. The highest BCUT2D eigenvalue weighted by Crippen LogP contribution is 2.36. The first kappa shape index (κ1) is 39.1. The fourth-order valence-corrected chi connectivity index (χ4v) is 6.15. The van der Waals surface area contributed by atoms with Crippen LogP contribution in [0.25, 0.3) is 0 Å². The lowest BCUT2D eigenvalue weighted by Crippen LogP contribution is -2.47. The van der Waals surface area contributed by atoms with Gasteiger partial charge in [0.25, 0.3) is 5.91 Å². The Morgan fingerprint density at radius 2 is 1.42 bits per heavy atom. The summed E-state index contributed by atoms with van der Waals surface area (Å²) in [7, 11) is -2.02. The zero-order valence-electron chi connectivity index (χ0n) is 26.8. The predicted molar refractivity (Wildman–Crippen MR) is 176 cm³/mol. The number of alkyl halides is 6. The van der Waals surface area contributed by atoms with Crippen LogP contribution in [0.1, 0.15) is 52.9 Å². The first-order chi connectivity index (χ1) is 22.3. The molecule has 1 unspecified atom stereocenters. The summed E-state index contributed by atoms with van der Waals surface area (Å²) >= 11 is 5.54. The van der Waals surface area contributed by atoms with E-state index in [0.717, 1.165) is 53.6 Å². The van der Waals surface area contributed by atoms with Crippen LogP contribution in [0.2, 0.25) is 5.02 Å². The molecule has 4 rings (SSSR count). The molecule has 3 aromatic carbocycles. The predicted octanol–water partition coefficient (Wildman–Crippen LogP) is 7.35. The van der Waals surface area contributed by atoms with Gasteiger partial charge in [0.15, 0.2) is 0 Å². The summed E-state index contributed by atoms with van der Waals surface area (Å²) in [5, 5.41) is 0.794. The van der Waals surface area contributed by atoms with E-state index in [9.17, 15) is 39.6 Å². The van der Waals surface area contributed by atoms with Crippen molar-refractivity contribution in [2.45, 2.75) is 38.2 Å². The second kappa shape index (κ2) is 16.9. The van der Waals surface area contributed by atoms with E-state index in [2.05, 4.69) is 14.5 Å². The van der Waals surface area contributed by atoms with Gasteiger partial charge in [-0.05, 0) is 68.3 Å². The van der Waals surface area contributed by atoms with Crippen molar-refractivity contribution >= 4 is 33.2 Å². The summed E-state index contributed by atoms with van der Waals surface area (Å²) in [6.45, 7) is 5.62. The van der Waals surface area contributed by atoms with Crippen molar-refractivity contribution in [1.29, 1.82) is 0 Å². The maximum absolute atomic E-state index is 13.1. The van der Waals surface area contributed by atoms with Crippen molar-refractivity contribution in [3.63, 3.8) is 0 Å². The lowest BCUT2D eigenvalue weighted by atomic mass is 10.0. The largest absolute Gasteiger partial charge is 0.416 e. The number of carbonyl (C=O) groups excluding carboxylic acids is 1. The highest BCUT2D eigenvalue weighted by Gasteiger charge is 2.37. The average molecular weight is 721 g/mol. The lowest BCUT2D eigenvalue weighted by Gasteiger charge is -2.37. The van der Waals surface area contributed by atoms with E-state index in [-0.39, 0.29) is 12.6 Å². The molecule has 1 fully saturated rings. The van der Waals surface area contributed by atoms with Gasteiger partial charge in [-0.1, -0.05) is 48.0 Å². The monoisotopic (exact) mass is 720 g/mol. The Morgan fingerprint density at radius 1 is 0.875 bits per heavy atom. The van der Waals surface area contributed by atoms with Gasteiger partial charge in [0.05, 0.1) is 17.4 Å². The Labute approximate surface area is 282 Å². The fourth-order valence-electron chi connectivity index (χ4n) is 5.24. The number of unbranched alkanes of at least 4 members (excludes halogenated alkanes) is 1. The molecule has 1 heterocycles. The van der Waals surface area contributed by atoms with E-state index in [1.54, 1.807) is 6.92 Å². The average Bonchev–Trinajstić information content (AvgIpc) is 3.02. The van der Waals surface area contributed by atoms with Crippen LogP contribution >= 0.6 is 11.6 Å². The maximum Gasteiger partial charge on any atom is 0.416 e. The SMILES string of the molecule is CC(NS(C)(=O)=O)c1ccccc1N1CCN(CCCCN(C)C(=O)c2cc(C(F)(F)F)cc(C(F)(F)F)c2)CC1.Clc1ccccc1. The molecule has 1 saturated heterocycles. The van der Waals surface area contributed by atoms with Gasteiger partial charge in [-0.2, -0.15) is 26.3 Å². The first-order valence-electron chi connectivity index (χ1n) is 15.1. The zero-order chi connectivity index (χ0) is 35.7. The Kier molecular flexibility index (Phi) is 13.7. The molecule has 7 nitrogen and oxygen atoms in total. The molecule has 48 heavy (non-hydrogen) atoms. The van der Waals surface area contributed by atoms with Crippen LogP contribution in [0, 0.1) is 0 Å². The molecule has 1 amide bonds. The van der Waals surface area contributed by atoms with Gasteiger partial charge in [0.1, 0.15) is 0 Å². The second-order valence-electron chi connectivity index (χ2n) is 11.5. The fraction of sp³-hybridized carbons (Fsp3) is 0.424. The van der Waals surface area contributed by atoms with Gasteiger partial charge >= 0.3 is 12.4 Å². The van der Waals surface area contributed by atoms with Crippen LogP contribution < -0.4 is 9.62 Å². The molecule has 0 radical (unpaired) electrons. The number of halogens is 7. The van der Waals surface area contributed by atoms with E-state index < -0.39 is 51.0 Å². The zero-order valence-corrected chi connectivity index (χ0v) is 28.4. The third kappa shape index (κ3) is 12.3. The Bertz CT molecular complexity index is 1570. The number of anilines is 1. The molecule has 15 heteroatoms. The molecular weight excluding hydrogens is 682 g/mol. The van der Waals surface area contributed by atoms with Gasteiger partial charge in [0.2, 0.25) is 10.0 Å². The van der Waals surface area contributed by atoms with Gasteiger partial charge in [-0.3, -0.25) is 9.69 Å². The molecule has 1 aliphatic heterocycles. The Balaban J connectivity index is 0.000000789. The Hall–Kier alpha value is -3.33. The third-order valence-corrected chi connectivity index (χ3v) is 8.67. The second-order valence-corrected chi connectivity index (χ2v) is 13.7. The van der Waals surface area contributed by atoms with Crippen LogP contribution in [-0.2, 0) is 22.4 Å². The van der Waals surface area contributed by atoms with Crippen LogP contribution in [-0.4, -0.2) is 76.7 Å². The van der Waals surface area contributed by atoms with Crippen molar-refractivity contribution in [3.8, 4) is 0 Å². The number of nitrogens with one attached hydrogen (secondary N) is 1. The molecule has 1 N–H and O–H groups in total. The number of amides is 1. The number of piperazine rings is 1. The minimum absolute atomic E-state index is 0.00221. The van der Waals surface area contributed by atoms with Gasteiger partial charge < -0.3 is 9.80 Å². The summed E-state index contributed by atoms with van der Waals surface area (Å²) in [5.41, 5.74) is -1.87. The van der Waals surface area contributed by atoms with Crippen LogP contribution in [0.3, 0.4) is 0 Å². The molecule has 0 aromatic heterocycles. The number of hydrogen-bond acceptors (Lipinski definition) is 5. The number of benzene rings is 3. The summed E-state index contributed by atoms with van der Waals surface area (Å²) in [4.78, 5) is 18.2. The quantitative estimate of drug-likeness (QED) is 0.175. The lowest BCUT2D eigenvalue weighted by molar-refractivity contribution is -0.143. The summed E-state index contributed by atoms with van der Waals surface area (Å²) < 4.78 is 105. The van der Waals surface area contributed by atoms with Crippen molar-refractivity contribution < 1.29 is 39.6 Å². The van der Waals surface area contributed by atoms with Crippen molar-refractivity contribution in [3.05, 3.63) is 100 Å². The topological polar surface area (TPSA) is 73.0 Å². The highest BCUT2D eigenvalue weighted by atomic mass is 35.5. The standard InChI is InChI=1S/C27H34F6N4O3S.C6H5Cl/c1-19(34-41(3,39)40)23-8-4-5-9-24(23)37-14-12-36(13-15-37)11-7-6-10-35(2)25(38)20-16-21(26(28,29)30)18-22(17-20)27(31,32)33;7-6-4-2-1-3-5-6/h4-5,8-9,16-19,34H,6-7,10-15H2,1-3H3;1-5H. The molecule has 0 spiro atoms. The molecule has 264 valence electrons. The molecular formula is C33H39ClF6N4O3S. The number of sulfonamides is 1. The number of nitrogens with zero attached hydrogens (tertiary/aromatic N) is 3. The summed E-state index contributed by atoms with van der Waals surface area (Å²) in [6, 6.07) is 17.6. The smallest absolute Gasteiger partial charge is 0.369 e. The van der Waals surface area contributed by atoms with E-state index in [4.69, 9.17) is 11.6 Å². The van der Waals surface area contributed by atoms with Crippen LogP contribution in [0.15, 0.2) is 72.8 Å². The number of rotatable bonds is 10. The maximum atomic E-state index is 13.1. The van der Waals surface area contributed by atoms with E-state index in [0.29, 0.717) is 31.5 Å². The normalized spacial score (nSPS) is 15.0. The number of carbonyl (C=O) groups is 1.